The minimum atomic E-state index is -3.98. The van der Waals surface area contributed by atoms with Crippen LogP contribution >= 0.6 is 9.24 Å². The highest BCUT2D eigenvalue weighted by Gasteiger charge is 2.32. The number of rotatable bonds is 18. The van der Waals surface area contributed by atoms with Crippen LogP contribution < -0.4 is 0 Å². The van der Waals surface area contributed by atoms with Gasteiger partial charge in [-0.15, -0.1) is 9.24 Å². The number of unbranched alkanes of at least 4 members (excludes halogenated alkanes) is 4. The zero-order chi connectivity index (χ0) is 24.3. The van der Waals surface area contributed by atoms with Crippen molar-refractivity contribution >= 4 is 25.3 Å². The van der Waals surface area contributed by atoms with E-state index in [2.05, 4.69) is 43.5 Å². The molecular weight excluding hydrogens is 431 g/mol. The van der Waals surface area contributed by atoms with Crippen LogP contribution in [0.15, 0.2) is 12.2 Å². The normalized spacial score (nSPS) is 11.8. The molecule has 0 saturated heterocycles. The lowest BCUT2D eigenvalue weighted by Gasteiger charge is -2.38. The van der Waals surface area contributed by atoms with Gasteiger partial charge in [0.2, 0.25) is 0 Å². The largest absolute Gasteiger partial charge is 0.478 e. The summed E-state index contributed by atoms with van der Waals surface area (Å²) in [5.74, 6) is -0.639. The molecule has 31 heavy (non-hydrogen) atoms. The predicted molar refractivity (Wildman–Crippen MR) is 136 cm³/mol. The van der Waals surface area contributed by atoms with Gasteiger partial charge in [0.25, 0.3) is 10.1 Å². The molecule has 0 aromatic rings. The first-order valence-corrected chi connectivity index (χ1v) is 14.3. The molecule has 0 aliphatic rings. The molecule has 0 aliphatic carbocycles. The Bertz CT molecular complexity index is 559. The van der Waals surface area contributed by atoms with Crippen molar-refractivity contribution in [2.75, 3.05) is 5.75 Å². The lowest BCUT2D eigenvalue weighted by Crippen LogP contribution is -2.32. The van der Waals surface area contributed by atoms with E-state index in [9.17, 15) is 13.2 Å². The summed E-state index contributed by atoms with van der Waals surface area (Å²) in [5, 5.41) is 8.84. The van der Waals surface area contributed by atoms with E-state index in [1.165, 1.54) is 77.0 Å². The maximum Gasteiger partial charge on any atom is 0.330 e. The summed E-state index contributed by atoms with van der Waals surface area (Å²) < 4.78 is 28.6. The van der Waals surface area contributed by atoms with Crippen molar-refractivity contribution in [3.8, 4) is 0 Å². The first-order chi connectivity index (χ1) is 14.5. The highest BCUT2D eigenvalue weighted by atomic mass is 32.2. The van der Waals surface area contributed by atoms with Gasteiger partial charge in [-0.1, -0.05) is 85.6 Å². The summed E-state index contributed by atoms with van der Waals surface area (Å²) in [5.41, 5.74) is -0.0568. The molecule has 2 N–H and O–H groups in total. The van der Waals surface area contributed by atoms with Crippen LogP contribution in [-0.2, 0) is 14.9 Å². The number of hydrogen-bond donors (Lipinski definition) is 2. The molecule has 0 aliphatic heterocycles. The predicted octanol–water partition coefficient (Wildman–Crippen LogP) is 7.27. The molecule has 0 spiro atoms. The van der Waals surface area contributed by atoms with Gasteiger partial charge in [-0.3, -0.25) is 4.55 Å². The smallest absolute Gasteiger partial charge is 0.330 e. The van der Waals surface area contributed by atoms with E-state index in [4.69, 9.17) is 9.66 Å². The van der Waals surface area contributed by atoms with Gasteiger partial charge in [-0.2, -0.15) is 8.42 Å². The quantitative estimate of drug-likeness (QED) is 0.122. The summed E-state index contributed by atoms with van der Waals surface area (Å²) in [6.45, 7) is 12.5. The molecule has 0 fully saturated rings. The third-order valence-corrected chi connectivity index (χ3v) is 7.65. The summed E-state index contributed by atoms with van der Waals surface area (Å²) in [4.78, 5) is 10.1. The molecule has 186 valence electrons. The van der Waals surface area contributed by atoms with Crippen molar-refractivity contribution in [1.82, 2.24) is 0 Å². The van der Waals surface area contributed by atoms with E-state index in [1.807, 2.05) is 0 Å². The van der Waals surface area contributed by atoms with Crippen LogP contribution in [0.4, 0.5) is 0 Å². The fourth-order valence-electron chi connectivity index (χ4n) is 3.74. The number of hydrogen-bond acceptors (Lipinski definition) is 3. The Morgan fingerprint density at radius 1 is 0.903 bits per heavy atom. The van der Waals surface area contributed by atoms with Crippen molar-refractivity contribution in [2.24, 2.45) is 5.92 Å². The van der Waals surface area contributed by atoms with Gasteiger partial charge >= 0.3 is 5.97 Å². The summed E-state index contributed by atoms with van der Waals surface area (Å²) >= 11 is 0. The monoisotopic (exact) mass is 480 g/mol. The van der Waals surface area contributed by atoms with E-state index in [0.717, 1.165) is 5.92 Å². The zero-order valence-electron chi connectivity index (χ0n) is 20.5. The highest BCUT2D eigenvalue weighted by Crippen LogP contribution is 2.43. The molecule has 7 heteroatoms. The molecule has 0 bridgehead atoms. The van der Waals surface area contributed by atoms with Crippen LogP contribution in [0.1, 0.15) is 118 Å². The molecule has 0 aromatic carbocycles. The Labute approximate surface area is 194 Å². The zero-order valence-corrected chi connectivity index (χ0v) is 22.5. The van der Waals surface area contributed by atoms with Crippen molar-refractivity contribution in [1.29, 1.82) is 0 Å². The van der Waals surface area contributed by atoms with Crippen molar-refractivity contribution in [3.05, 3.63) is 12.2 Å². The summed E-state index contributed by atoms with van der Waals surface area (Å²) in [6.07, 6.45) is 16.9. The lowest BCUT2D eigenvalue weighted by atomic mass is 9.77. The van der Waals surface area contributed by atoms with E-state index in [0.29, 0.717) is 5.16 Å². The van der Waals surface area contributed by atoms with Gasteiger partial charge in [0, 0.05) is 5.57 Å². The minimum Gasteiger partial charge on any atom is -0.478 e. The van der Waals surface area contributed by atoms with Gasteiger partial charge in [-0.05, 0) is 49.6 Å². The molecule has 1 atom stereocenters. The van der Waals surface area contributed by atoms with Crippen LogP contribution in [0.3, 0.4) is 0 Å². The minimum absolute atomic E-state index is 0.0568. The Morgan fingerprint density at radius 3 is 1.65 bits per heavy atom. The Kier molecular flexibility index (Phi) is 20.1. The van der Waals surface area contributed by atoms with Gasteiger partial charge in [-0.25, -0.2) is 4.79 Å². The number of carbonyl (C=O) groups is 1. The average Bonchev–Trinajstić information content (AvgIpc) is 2.70. The topological polar surface area (TPSA) is 91.7 Å². The van der Waals surface area contributed by atoms with Crippen molar-refractivity contribution < 1.29 is 22.9 Å². The molecule has 1 unspecified atom stereocenters. The van der Waals surface area contributed by atoms with Crippen LogP contribution in [0.5, 0.6) is 0 Å². The Balaban J connectivity index is 0. The van der Waals surface area contributed by atoms with Gasteiger partial charge in [0.15, 0.2) is 0 Å². The van der Waals surface area contributed by atoms with Crippen molar-refractivity contribution in [2.45, 2.75) is 123 Å². The molecule has 0 amide bonds. The summed E-state index contributed by atoms with van der Waals surface area (Å²) in [7, 11) is -0.659. The van der Waals surface area contributed by atoms with Crippen LogP contribution in [0.25, 0.3) is 0 Å². The van der Waals surface area contributed by atoms with Crippen LogP contribution in [0.2, 0.25) is 0 Å². The average molecular weight is 481 g/mol. The lowest BCUT2D eigenvalue weighted by molar-refractivity contribution is -0.132. The second kappa shape index (κ2) is 19.1. The second-order valence-corrected chi connectivity index (χ2v) is 11.4. The second-order valence-electron chi connectivity index (χ2n) is 8.72. The maximum absolute atomic E-state index is 10.2. The molecule has 0 aromatic heterocycles. The fraction of sp³-hybridized carbons (Fsp3) is 0.875. The molecular formula is C24H49O5PS. The van der Waals surface area contributed by atoms with Gasteiger partial charge in [0.1, 0.15) is 0 Å². The molecule has 5 nitrogen and oxygen atoms in total. The Morgan fingerprint density at radius 2 is 1.32 bits per heavy atom. The van der Waals surface area contributed by atoms with E-state index in [-0.39, 0.29) is 18.4 Å². The van der Waals surface area contributed by atoms with E-state index < -0.39 is 21.8 Å². The fourth-order valence-corrected chi connectivity index (χ4v) is 4.99. The first kappa shape index (κ1) is 32.7. The first-order valence-electron chi connectivity index (χ1n) is 12.1. The standard InChI is InChI=1S/C18H39P.C6H10O5S/c1-5-9-13-17(14-10-6-2)18(19,15-11-7-3)16-12-8-4;1-5(6(7)8)3-2-4-12(9,10)11/h17H,5-16,19H2,1-4H3;1-4H2,(H,7,8)(H,9,10,11). The maximum atomic E-state index is 10.2. The highest BCUT2D eigenvalue weighted by molar-refractivity contribution is 7.85. The van der Waals surface area contributed by atoms with Crippen LogP contribution in [0, 0.1) is 5.92 Å². The van der Waals surface area contributed by atoms with Gasteiger partial charge in [0.05, 0.1) is 5.75 Å². The van der Waals surface area contributed by atoms with E-state index in [1.54, 1.807) is 0 Å². The molecule has 0 heterocycles. The molecule has 0 radical (unpaired) electrons. The third-order valence-electron chi connectivity index (χ3n) is 5.80. The number of carboxylic acids is 1. The number of carboxylic acid groups (broad SMARTS) is 1. The molecule has 0 saturated carbocycles. The summed E-state index contributed by atoms with van der Waals surface area (Å²) in [6, 6.07) is 0. The van der Waals surface area contributed by atoms with Gasteiger partial charge < -0.3 is 5.11 Å². The Hall–Kier alpha value is -0.450. The van der Waals surface area contributed by atoms with Crippen LogP contribution in [-0.4, -0.2) is 35.0 Å². The van der Waals surface area contributed by atoms with Crippen molar-refractivity contribution in [3.63, 3.8) is 0 Å². The SMILES string of the molecule is C=C(CCCS(=O)(=O)O)C(=O)O.CCCCC(CCCC)C(P)(CCCC)CCCC. The third kappa shape index (κ3) is 18.8. The molecule has 0 rings (SSSR count). The number of aliphatic carboxylic acids is 1. The van der Waals surface area contributed by atoms with E-state index >= 15 is 0 Å².